The fraction of sp³-hybridized carbons (Fsp3) is 0.120. The van der Waals surface area contributed by atoms with Crippen molar-refractivity contribution in [3.8, 4) is 11.1 Å². The van der Waals surface area contributed by atoms with Crippen molar-refractivity contribution in [3.05, 3.63) is 94.1 Å². The van der Waals surface area contributed by atoms with Gasteiger partial charge in [0.2, 0.25) is 0 Å². The maximum absolute atomic E-state index is 12.1. The molecule has 0 bridgehead atoms. The Kier molecular flexibility index (Phi) is 2.15. The molecule has 1 spiro atoms. The van der Waals surface area contributed by atoms with Gasteiger partial charge < -0.3 is 0 Å². The molecule has 0 saturated heterocycles. The molecule has 1 saturated carbocycles. The average molecular weight is 346 g/mol. The number of benzene rings is 2. The zero-order valence-corrected chi connectivity index (χ0v) is 14.5. The largest absolute Gasteiger partial charge is 0.294 e. The smallest absolute Gasteiger partial charge is 0.160 e. The molecule has 7 rings (SSSR count). The van der Waals surface area contributed by atoms with Crippen molar-refractivity contribution in [1.29, 1.82) is 0 Å². The van der Waals surface area contributed by atoms with Crippen LogP contribution in [0.4, 0.5) is 0 Å². The average Bonchev–Trinajstić information content (AvgIpc) is 3.23. The monoisotopic (exact) mass is 346 g/mol. The van der Waals surface area contributed by atoms with E-state index >= 15 is 0 Å². The topological polar surface area (TPSA) is 34.1 Å². The molecule has 2 heteroatoms. The van der Waals surface area contributed by atoms with Gasteiger partial charge in [0.15, 0.2) is 11.6 Å². The van der Waals surface area contributed by atoms with Crippen LogP contribution in [0.3, 0.4) is 0 Å². The van der Waals surface area contributed by atoms with Gasteiger partial charge in [-0.1, -0.05) is 48.6 Å². The standard InChI is InChI=1S/C25H14O2/c26-13-5-7-16-19(11-13)17-8-9-18-15-3-1-2-4-20(15)25(24(18)23(16)17)21-10-6-14(27)12-22(21)25/h1-4,7-12H,5-6H2. The van der Waals surface area contributed by atoms with Gasteiger partial charge in [-0.2, -0.15) is 0 Å². The minimum absolute atomic E-state index is 0.175. The molecule has 126 valence electrons. The summed E-state index contributed by atoms with van der Waals surface area (Å²) in [6.45, 7) is 0. The molecular weight excluding hydrogens is 332 g/mol. The molecule has 0 aromatic heterocycles. The van der Waals surface area contributed by atoms with Crippen LogP contribution >= 0.6 is 0 Å². The van der Waals surface area contributed by atoms with E-state index in [4.69, 9.17) is 0 Å². The van der Waals surface area contributed by atoms with E-state index in [1.54, 1.807) is 6.08 Å². The third kappa shape index (κ3) is 1.36. The second kappa shape index (κ2) is 4.17. The molecule has 0 aliphatic heterocycles. The zero-order valence-electron chi connectivity index (χ0n) is 14.5. The lowest BCUT2D eigenvalue weighted by Crippen LogP contribution is -2.19. The highest BCUT2D eigenvalue weighted by Gasteiger charge is 2.64. The molecular formula is C25H14O2. The van der Waals surface area contributed by atoms with Crippen molar-refractivity contribution in [1.82, 2.24) is 0 Å². The van der Waals surface area contributed by atoms with Crippen LogP contribution in [0, 0.1) is 0 Å². The van der Waals surface area contributed by atoms with Crippen molar-refractivity contribution >= 4 is 22.7 Å². The first-order valence-corrected chi connectivity index (χ1v) is 9.40. The fourth-order valence-corrected chi connectivity index (χ4v) is 5.66. The summed E-state index contributed by atoms with van der Waals surface area (Å²) in [5, 5.41) is 0. The van der Waals surface area contributed by atoms with Crippen molar-refractivity contribution < 1.29 is 9.59 Å². The quantitative estimate of drug-likeness (QED) is 0.701. The number of carbonyl (C=O) groups excluding carboxylic acids is 2. The molecule has 0 radical (unpaired) electrons. The Labute approximate surface area is 156 Å². The summed E-state index contributed by atoms with van der Waals surface area (Å²) < 4.78 is 0. The van der Waals surface area contributed by atoms with Gasteiger partial charge in [0, 0.05) is 12.8 Å². The summed E-state index contributed by atoms with van der Waals surface area (Å²) in [5.41, 5.74) is 12.1. The van der Waals surface area contributed by atoms with Gasteiger partial charge in [-0.25, -0.2) is 0 Å². The van der Waals surface area contributed by atoms with Crippen molar-refractivity contribution in [3.63, 3.8) is 0 Å². The third-order valence-corrected chi connectivity index (χ3v) is 6.71. The van der Waals surface area contributed by atoms with Gasteiger partial charge >= 0.3 is 0 Å². The van der Waals surface area contributed by atoms with Crippen LogP contribution in [0.15, 0.2) is 71.8 Å². The lowest BCUT2D eigenvalue weighted by atomic mass is 9.69. The Morgan fingerprint density at radius 1 is 0.704 bits per heavy atom. The van der Waals surface area contributed by atoms with E-state index in [0.29, 0.717) is 12.8 Å². The molecule has 2 aromatic carbocycles. The van der Waals surface area contributed by atoms with E-state index in [-0.39, 0.29) is 17.0 Å². The fourth-order valence-electron chi connectivity index (χ4n) is 5.66. The second-order valence-corrected chi connectivity index (χ2v) is 7.90. The first kappa shape index (κ1) is 13.9. The van der Waals surface area contributed by atoms with Crippen molar-refractivity contribution in [2.45, 2.75) is 18.3 Å². The lowest BCUT2D eigenvalue weighted by Gasteiger charge is -2.33. The van der Waals surface area contributed by atoms with Crippen LogP contribution in [-0.2, 0) is 15.0 Å². The zero-order chi connectivity index (χ0) is 17.9. The minimum Gasteiger partial charge on any atom is -0.294 e. The van der Waals surface area contributed by atoms with E-state index in [2.05, 4.69) is 48.6 Å². The Balaban J connectivity index is 1.61. The Bertz CT molecular complexity index is 1300. The first-order chi connectivity index (χ1) is 13.2. The highest BCUT2D eigenvalue weighted by atomic mass is 16.1. The predicted molar refractivity (Wildman–Crippen MR) is 104 cm³/mol. The van der Waals surface area contributed by atoms with Crippen LogP contribution in [-0.4, -0.2) is 11.6 Å². The molecule has 0 amide bonds. The van der Waals surface area contributed by atoms with Crippen LogP contribution in [0.2, 0.25) is 0 Å². The molecule has 2 nitrogen and oxygen atoms in total. The van der Waals surface area contributed by atoms with Crippen LogP contribution in [0.25, 0.3) is 22.3 Å². The van der Waals surface area contributed by atoms with Crippen LogP contribution < -0.4 is 0 Å². The summed E-state index contributed by atoms with van der Waals surface area (Å²) >= 11 is 0. The van der Waals surface area contributed by atoms with Gasteiger partial charge in [-0.3, -0.25) is 9.59 Å². The predicted octanol–water partition coefficient (Wildman–Crippen LogP) is 4.55. The molecule has 1 fully saturated rings. The number of ketones is 2. The maximum atomic E-state index is 12.1. The summed E-state index contributed by atoms with van der Waals surface area (Å²) in [6.07, 6.45) is 8.82. The van der Waals surface area contributed by atoms with Crippen molar-refractivity contribution in [2.75, 3.05) is 0 Å². The van der Waals surface area contributed by atoms with Crippen LogP contribution in [0.1, 0.15) is 35.1 Å². The van der Waals surface area contributed by atoms with Gasteiger partial charge in [-0.05, 0) is 67.8 Å². The van der Waals surface area contributed by atoms with Gasteiger partial charge in [0.1, 0.15) is 0 Å². The third-order valence-electron chi connectivity index (χ3n) is 6.71. The van der Waals surface area contributed by atoms with E-state index in [0.717, 1.165) is 5.57 Å². The van der Waals surface area contributed by atoms with Gasteiger partial charge in [-0.15, -0.1) is 0 Å². The number of carbonyl (C=O) groups is 2. The van der Waals surface area contributed by atoms with Crippen LogP contribution in [0.5, 0.6) is 0 Å². The lowest BCUT2D eigenvalue weighted by molar-refractivity contribution is -0.114. The van der Waals surface area contributed by atoms with E-state index in [1.807, 2.05) is 6.08 Å². The molecule has 5 aliphatic carbocycles. The second-order valence-electron chi connectivity index (χ2n) is 7.90. The summed E-state index contributed by atoms with van der Waals surface area (Å²) in [5.74, 6) is 0.364. The molecule has 2 aromatic rings. The summed E-state index contributed by atoms with van der Waals surface area (Å²) in [7, 11) is 0. The van der Waals surface area contributed by atoms with E-state index < -0.39 is 0 Å². The highest BCUT2D eigenvalue weighted by molar-refractivity contribution is 6.26. The minimum atomic E-state index is -0.253. The molecule has 1 unspecified atom stereocenters. The number of allylic oxidation sites excluding steroid dienone is 8. The molecule has 5 aliphatic rings. The van der Waals surface area contributed by atoms with Crippen molar-refractivity contribution in [2.24, 2.45) is 0 Å². The summed E-state index contributed by atoms with van der Waals surface area (Å²) in [6, 6.07) is 12.9. The number of hydrogen-bond donors (Lipinski definition) is 0. The molecule has 0 heterocycles. The van der Waals surface area contributed by atoms with E-state index in [9.17, 15) is 9.59 Å². The SMILES string of the molecule is O=C1C=C2C(=CC1)c1c2ccc2c1C1(C3=CCC(=O)C=C31)c1ccccc1-2. The normalized spacial score (nSPS) is 25.2. The first-order valence-electron chi connectivity index (χ1n) is 9.40. The number of fused-ring (bicyclic) bond motifs is 13. The Morgan fingerprint density at radius 3 is 2.37 bits per heavy atom. The maximum Gasteiger partial charge on any atom is 0.160 e. The number of rotatable bonds is 0. The molecule has 1 atom stereocenters. The summed E-state index contributed by atoms with van der Waals surface area (Å²) in [4.78, 5) is 24.0. The van der Waals surface area contributed by atoms with Gasteiger partial charge in [0.05, 0.1) is 5.41 Å². The molecule has 27 heavy (non-hydrogen) atoms. The molecule has 0 N–H and O–H groups in total. The Hall–Kier alpha value is -3.26. The highest BCUT2D eigenvalue weighted by Crippen LogP contribution is 2.73. The van der Waals surface area contributed by atoms with Gasteiger partial charge in [0.25, 0.3) is 0 Å². The Morgan fingerprint density at radius 2 is 1.48 bits per heavy atom. The number of hydrogen-bond acceptors (Lipinski definition) is 2. The van der Waals surface area contributed by atoms with E-state index in [1.165, 1.54) is 50.1 Å².